The van der Waals surface area contributed by atoms with E-state index in [2.05, 4.69) is 16.5 Å². The molecule has 0 spiro atoms. The third-order valence-electron chi connectivity index (χ3n) is 5.27. The van der Waals surface area contributed by atoms with Gasteiger partial charge in [-0.3, -0.25) is 14.5 Å². The summed E-state index contributed by atoms with van der Waals surface area (Å²) in [4.78, 5) is 49.8. The molecule has 1 aromatic carbocycles. The monoisotopic (exact) mass is 529 g/mol. The fourth-order valence-electron chi connectivity index (χ4n) is 3.76. The maximum absolute atomic E-state index is 13.6. The second-order valence-corrected chi connectivity index (χ2v) is 10.2. The van der Waals surface area contributed by atoms with E-state index in [0.717, 1.165) is 11.3 Å². The van der Waals surface area contributed by atoms with Gasteiger partial charge in [-0.1, -0.05) is 53.8 Å². The summed E-state index contributed by atoms with van der Waals surface area (Å²) in [6.07, 6.45) is 1.44. The lowest BCUT2D eigenvalue weighted by atomic mass is 9.95. The Labute approximate surface area is 214 Å². The summed E-state index contributed by atoms with van der Waals surface area (Å²) in [5.41, 5.74) is 1.15. The lowest BCUT2D eigenvalue weighted by Crippen LogP contribution is -2.31. The van der Waals surface area contributed by atoms with Crippen LogP contribution in [0.5, 0.6) is 0 Å². The number of hydrogen-bond acceptors (Lipinski definition) is 9. The maximum atomic E-state index is 13.6. The van der Waals surface area contributed by atoms with Crippen LogP contribution in [0.3, 0.4) is 0 Å². The predicted octanol–water partition coefficient (Wildman–Crippen LogP) is 5.30. The largest absolute Gasteiger partial charge is 0.503 e. The Morgan fingerprint density at radius 2 is 1.86 bits per heavy atom. The number of nitrogens with zero attached hydrogens (tertiary/aromatic N) is 3. The van der Waals surface area contributed by atoms with Crippen LogP contribution in [0.15, 0.2) is 48.3 Å². The molecule has 1 aliphatic rings. The fraction of sp³-hybridized carbons (Fsp3) is 0.208. The van der Waals surface area contributed by atoms with E-state index in [1.807, 2.05) is 0 Å². The summed E-state index contributed by atoms with van der Waals surface area (Å²) >= 11 is 8.59. The molecule has 1 unspecified atom stereocenters. The number of aliphatic hydroxyl groups excluding tert-OH is 1. The summed E-state index contributed by atoms with van der Waals surface area (Å²) in [6.45, 7) is 8.61. The highest BCUT2D eigenvalue weighted by Crippen LogP contribution is 2.46. The van der Waals surface area contributed by atoms with Gasteiger partial charge in [0.25, 0.3) is 5.91 Å². The van der Waals surface area contributed by atoms with Crippen molar-refractivity contribution in [2.45, 2.75) is 26.8 Å². The zero-order chi connectivity index (χ0) is 25.4. The van der Waals surface area contributed by atoms with Gasteiger partial charge in [-0.25, -0.2) is 14.8 Å². The normalized spacial score (nSPS) is 15.6. The van der Waals surface area contributed by atoms with Gasteiger partial charge < -0.3 is 9.84 Å². The fourth-order valence-corrected chi connectivity index (χ4v) is 5.87. The third kappa shape index (κ3) is 4.40. The molecular formula is C24H20ClN3O5S2. The molecule has 3 heterocycles. The number of esters is 1. The molecule has 35 heavy (non-hydrogen) atoms. The molecule has 0 fully saturated rings. The van der Waals surface area contributed by atoms with Crippen LogP contribution in [0.2, 0.25) is 5.02 Å². The number of carbonyl (C=O) groups is 3. The quantitative estimate of drug-likeness (QED) is 0.251. The number of aryl methyl sites for hydroxylation is 3. The van der Waals surface area contributed by atoms with Gasteiger partial charge in [0.1, 0.15) is 11.5 Å². The Balaban J connectivity index is 1.86. The van der Waals surface area contributed by atoms with Crippen molar-refractivity contribution in [1.29, 1.82) is 0 Å². The van der Waals surface area contributed by atoms with Crippen molar-refractivity contribution in [3.8, 4) is 0 Å². The van der Waals surface area contributed by atoms with Crippen molar-refractivity contribution in [2.75, 3.05) is 11.5 Å². The van der Waals surface area contributed by atoms with E-state index in [1.54, 1.807) is 45.0 Å². The van der Waals surface area contributed by atoms with Crippen LogP contribution >= 0.6 is 34.3 Å². The molecule has 0 bridgehead atoms. The highest BCUT2D eigenvalue weighted by Gasteiger charge is 2.47. The number of thiazole rings is 2. The van der Waals surface area contributed by atoms with Crippen molar-refractivity contribution in [3.05, 3.63) is 85.0 Å². The standard InChI is InChI=1S/C24H20ClN3O5S2/c1-5-10-33-23(32)21-12(3)27-24(35-21)28-17(14-8-6-7-9-15(14)25)16(19(30)22(28)31)18(29)20-11(2)26-13(4)34-20/h5-9,17,30H,1,10H2,2-4H3. The first-order valence-electron chi connectivity index (χ1n) is 10.4. The highest BCUT2D eigenvalue weighted by molar-refractivity contribution is 7.17. The lowest BCUT2D eigenvalue weighted by Gasteiger charge is -2.25. The summed E-state index contributed by atoms with van der Waals surface area (Å²) in [6, 6.07) is 5.67. The van der Waals surface area contributed by atoms with Crippen LogP contribution in [-0.4, -0.2) is 39.3 Å². The minimum atomic E-state index is -1.06. The second-order valence-electron chi connectivity index (χ2n) is 7.64. The molecule has 3 aromatic rings. The molecule has 0 saturated carbocycles. The molecule has 0 saturated heterocycles. The average molecular weight is 530 g/mol. The third-order valence-corrected chi connectivity index (χ3v) is 7.82. The van der Waals surface area contributed by atoms with Crippen LogP contribution in [-0.2, 0) is 9.53 Å². The number of hydrogen-bond donors (Lipinski definition) is 1. The van der Waals surface area contributed by atoms with E-state index in [-0.39, 0.29) is 22.2 Å². The smallest absolute Gasteiger partial charge is 0.350 e. The van der Waals surface area contributed by atoms with E-state index in [0.29, 0.717) is 31.9 Å². The second kappa shape index (κ2) is 9.73. The number of ether oxygens (including phenoxy) is 1. The molecule has 1 amide bonds. The zero-order valence-electron chi connectivity index (χ0n) is 19.0. The Morgan fingerprint density at radius 3 is 2.49 bits per heavy atom. The topological polar surface area (TPSA) is 110 Å². The number of anilines is 1. The van der Waals surface area contributed by atoms with Crippen LogP contribution < -0.4 is 4.90 Å². The number of aromatic nitrogens is 2. The number of rotatable bonds is 7. The van der Waals surface area contributed by atoms with E-state index in [4.69, 9.17) is 16.3 Å². The van der Waals surface area contributed by atoms with Crippen molar-refractivity contribution >= 4 is 57.1 Å². The van der Waals surface area contributed by atoms with Gasteiger partial charge in [0.2, 0.25) is 5.78 Å². The van der Waals surface area contributed by atoms with Gasteiger partial charge in [-0.05, 0) is 32.4 Å². The van der Waals surface area contributed by atoms with E-state index >= 15 is 0 Å². The Morgan fingerprint density at radius 1 is 1.17 bits per heavy atom. The SMILES string of the molecule is C=CCOC(=O)c1sc(N2C(=O)C(O)=C(C(=O)c3sc(C)nc3C)C2c2ccccc2Cl)nc1C. The molecule has 1 N–H and O–H groups in total. The number of Topliss-reactive ketones (excluding diaryl/α,β-unsaturated/α-hetero) is 1. The number of benzene rings is 1. The van der Waals surface area contributed by atoms with Crippen LogP contribution in [0.25, 0.3) is 0 Å². The van der Waals surface area contributed by atoms with E-state index < -0.39 is 29.5 Å². The summed E-state index contributed by atoms with van der Waals surface area (Å²) < 4.78 is 5.11. The first-order chi connectivity index (χ1) is 16.6. The van der Waals surface area contributed by atoms with Crippen LogP contribution in [0.4, 0.5) is 5.13 Å². The minimum Gasteiger partial charge on any atom is -0.503 e. The molecule has 0 radical (unpaired) electrons. The van der Waals surface area contributed by atoms with Gasteiger partial charge in [-0.2, -0.15) is 0 Å². The van der Waals surface area contributed by atoms with Crippen LogP contribution in [0, 0.1) is 20.8 Å². The Bertz CT molecular complexity index is 1410. The number of aliphatic hydroxyl groups is 1. The minimum absolute atomic E-state index is 0.0189. The number of carbonyl (C=O) groups excluding carboxylic acids is 3. The summed E-state index contributed by atoms with van der Waals surface area (Å²) in [5, 5.41) is 12.0. The molecular weight excluding hydrogens is 510 g/mol. The molecule has 0 aliphatic carbocycles. The van der Waals surface area contributed by atoms with Crippen molar-refractivity contribution in [1.82, 2.24) is 9.97 Å². The van der Waals surface area contributed by atoms with Gasteiger partial charge in [0.05, 0.1) is 32.9 Å². The lowest BCUT2D eigenvalue weighted by molar-refractivity contribution is -0.117. The molecule has 1 atom stereocenters. The van der Waals surface area contributed by atoms with Gasteiger partial charge in [0.15, 0.2) is 10.9 Å². The summed E-state index contributed by atoms with van der Waals surface area (Å²) in [7, 11) is 0. The molecule has 1 aliphatic heterocycles. The zero-order valence-corrected chi connectivity index (χ0v) is 21.4. The maximum Gasteiger partial charge on any atom is 0.350 e. The first kappa shape index (κ1) is 24.8. The average Bonchev–Trinajstić information content (AvgIpc) is 3.45. The molecule has 4 rings (SSSR count). The molecule has 2 aromatic heterocycles. The van der Waals surface area contributed by atoms with Gasteiger partial charge in [0, 0.05) is 5.02 Å². The van der Waals surface area contributed by atoms with Crippen LogP contribution in [0.1, 0.15) is 47.3 Å². The van der Waals surface area contributed by atoms with E-state index in [1.165, 1.54) is 22.3 Å². The van der Waals surface area contributed by atoms with Crippen molar-refractivity contribution < 1.29 is 24.2 Å². The van der Waals surface area contributed by atoms with Gasteiger partial charge >= 0.3 is 5.97 Å². The van der Waals surface area contributed by atoms with E-state index in [9.17, 15) is 19.5 Å². The van der Waals surface area contributed by atoms with Crippen molar-refractivity contribution in [3.63, 3.8) is 0 Å². The highest BCUT2D eigenvalue weighted by atomic mass is 35.5. The van der Waals surface area contributed by atoms with Crippen molar-refractivity contribution in [2.24, 2.45) is 0 Å². The van der Waals surface area contributed by atoms with Gasteiger partial charge in [-0.15, -0.1) is 11.3 Å². The first-order valence-corrected chi connectivity index (χ1v) is 12.4. The molecule has 180 valence electrons. The molecule has 11 heteroatoms. The summed E-state index contributed by atoms with van der Waals surface area (Å²) in [5.74, 6) is -2.66. The Kier molecular flexibility index (Phi) is 6.88. The molecule has 8 nitrogen and oxygen atoms in total. The predicted molar refractivity (Wildman–Crippen MR) is 135 cm³/mol. The number of ketones is 1. The number of halogens is 1. The Hall–Kier alpha value is -3.34. The number of amides is 1.